The maximum atomic E-state index is 9.09. The van der Waals surface area contributed by atoms with Crippen LogP contribution in [0.5, 0.6) is 5.75 Å². The van der Waals surface area contributed by atoms with Gasteiger partial charge >= 0.3 is 0 Å². The highest BCUT2D eigenvalue weighted by Gasteiger charge is 2.14. The summed E-state index contributed by atoms with van der Waals surface area (Å²) in [5, 5.41) is 12.1. The van der Waals surface area contributed by atoms with E-state index in [2.05, 4.69) is 10.3 Å². The zero-order valence-electron chi connectivity index (χ0n) is 12.0. The lowest BCUT2D eigenvalue weighted by atomic mass is 10.2. The van der Waals surface area contributed by atoms with Gasteiger partial charge in [-0.05, 0) is 31.2 Å². The number of nitriles is 1. The molecule has 6 heteroatoms. The minimum atomic E-state index is 0.231. The van der Waals surface area contributed by atoms with Crippen LogP contribution in [-0.2, 0) is 4.74 Å². The molecule has 0 aliphatic carbocycles. The van der Waals surface area contributed by atoms with E-state index in [1.807, 2.05) is 37.3 Å². The van der Waals surface area contributed by atoms with E-state index in [9.17, 15) is 0 Å². The Kier molecular flexibility index (Phi) is 5.18. The molecular weight excluding hydrogens is 270 g/mol. The number of ether oxygens (including phenoxy) is 2. The van der Waals surface area contributed by atoms with Crippen LogP contribution in [0.3, 0.4) is 0 Å². The molecule has 1 heterocycles. The van der Waals surface area contributed by atoms with Crippen LogP contribution in [0.1, 0.15) is 12.6 Å². The van der Waals surface area contributed by atoms with Crippen molar-refractivity contribution in [3.63, 3.8) is 0 Å². The highest BCUT2D eigenvalue weighted by Crippen LogP contribution is 2.26. The first kappa shape index (κ1) is 14.9. The minimum absolute atomic E-state index is 0.231. The third-order valence-corrected chi connectivity index (χ3v) is 2.74. The molecule has 0 atom stereocenters. The van der Waals surface area contributed by atoms with Crippen molar-refractivity contribution < 1.29 is 13.9 Å². The average Bonchev–Trinajstić information content (AvgIpc) is 2.92. The summed E-state index contributed by atoms with van der Waals surface area (Å²) < 4.78 is 15.9. The molecule has 21 heavy (non-hydrogen) atoms. The van der Waals surface area contributed by atoms with Crippen LogP contribution in [0, 0.1) is 11.3 Å². The van der Waals surface area contributed by atoms with Crippen molar-refractivity contribution in [1.29, 1.82) is 5.26 Å². The number of rotatable bonds is 7. The SMILES string of the molecule is CCOc1ccc(-c2nc(C#N)c(NCCOC)o2)cc1. The Balaban J connectivity index is 2.17. The van der Waals surface area contributed by atoms with E-state index < -0.39 is 0 Å². The number of aromatic nitrogens is 1. The topological polar surface area (TPSA) is 80.3 Å². The first-order valence-electron chi connectivity index (χ1n) is 6.65. The number of anilines is 1. The Morgan fingerprint density at radius 3 is 2.71 bits per heavy atom. The van der Waals surface area contributed by atoms with Gasteiger partial charge in [0.15, 0.2) is 0 Å². The van der Waals surface area contributed by atoms with Gasteiger partial charge in [-0.1, -0.05) is 0 Å². The number of hydrogen-bond acceptors (Lipinski definition) is 6. The Labute approximate surface area is 123 Å². The van der Waals surface area contributed by atoms with Gasteiger partial charge in [-0.25, -0.2) is 0 Å². The molecule has 1 aromatic heterocycles. The molecule has 6 nitrogen and oxygen atoms in total. The Morgan fingerprint density at radius 2 is 2.10 bits per heavy atom. The predicted molar refractivity (Wildman–Crippen MR) is 78.2 cm³/mol. The highest BCUT2D eigenvalue weighted by molar-refractivity contribution is 5.59. The fourth-order valence-corrected chi connectivity index (χ4v) is 1.77. The maximum absolute atomic E-state index is 9.09. The summed E-state index contributed by atoms with van der Waals surface area (Å²) in [6.07, 6.45) is 0. The Bertz CT molecular complexity index is 614. The molecule has 0 fully saturated rings. The Morgan fingerprint density at radius 1 is 1.33 bits per heavy atom. The third-order valence-electron chi connectivity index (χ3n) is 2.74. The van der Waals surface area contributed by atoms with E-state index in [1.165, 1.54) is 0 Å². The van der Waals surface area contributed by atoms with Gasteiger partial charge in [0, 0.05) is 19.2 Å². The van der Waals surface area contributed by atoms with Crippen molar-refractivity contribution in [1.82, 2.24) is 4.98 Å². The van der Waals surface area contributed by atoms with Crippen molar-refractivity contribution in [3.8, 4) is 23.3 Å². The second kappa shape index (κ2) is 7.31. The van der Waals surface area contributed by atoms with Crippen molar-refractivity contribution in [3.05, 3.63) is 30.0 Å². The molecule has 2 rings (SSSR count). The maximum Gasteiger partial charge on any atom is 0.232 e. The van der Waals surface area contributed by atoms with Crippen LogP contribution in [0.4, 0.5) is 5.88 Å². The average molecular weight is 287 g/mol. The summed E-state index contributed by atoms with van der Waals surface area (Å²) in [6.45, 7) is 3.61. The van der Waals surface area contributed by atoms with Crippen LogP contribution in [0.15, 0.2) is 28.7 Å². The van der Waals surface area contributed by atoms with Crippen molar-refractivity contribution in [2.45, 2.75) is 6.92 Å². The molecule has 0 unspecified atom stereocenters. The standard InChI is InChI=1S/C15H17N3O3/c1-3-20-12-6-4-11(5-7-12)14-18-13(10-16)15(21-14)17-8-9-19-2/h4-7,17H,3,8-9H2,1-2H3. The summed E-state index contributed by atoms with van der Waals surface area (Å²) in [5.74, 6) is 1.54. The Hall–Kier alpha value is -2.52. The quantitative estimate of drug-likeness (QED) is 0.789. The summed E-state index contributed by atoms with van der Waals surface area (Å²) in [4.78, 5) is 4.18. The third kappa shape index (κ3) is 3.74. The van der Waals surface area contributed by atoms with E-state index in [0.717, 1.165) is 11.3 Å². The second-order valence-electron chi connectivity index (χ2n) is 4.19. The van der Waals surface area contributed by atoms with Crippen molar-refractivity contribution in [2.75, 3.05) is 32.2 Å². The number of hydrogen-bond donors (Lipinski definition) is 1. The molecule has 0 saturated heterocycles. The van der Waals surface area contributed by atoms with Crippen LogP contribution >= 0.6 is 0 Å². The van der Waals surface area contributed by atoms with Gasteiger partial charge in [-0.15, -0.1) is 0 Å². The van der Waals surface area contributed by atoms with Gasteiger partial charge in [0.1, 0.15) is 11.8 Å². The lowest BCUT2D eigenvalue weighted by Crippen LogP contribution is -2.07. The molecule has 0 amide bonds. The summed E-state index contributed by atoms with van der Waals surface area (Å²) in [7, 11) is 1.61. The van der Waals surface area contributed by atoms with Crippen LogP contribution < -0.4 is 10.1 Å². The summed E-state index contributed by atoms with van der Waals surface area (Å²) in [6, 6.07) is 9.38. The fraction of sp³-hybridized carbons (Fsp3) is 0.333. The number of nitrogens with one attached hydrogen (secondary N) is 1. The van der Waals surface area contributed by atoms with E-state index in [4.69, 9.17) is 19.2 Å². The number of oxazole rings is 1. The molecule has 2 aromatic rings. The zero-order valence-corrected chi connectivity index (χ0v) is 12.0. The van der Waals surface area contributed by atoms with Gasteiger partial charge in [0.05, 0.1) is 13.2 Å². The van der Waals surface area contributed by atoms with E-state index in [1.54, 1.807) is 7.11 Å². The molecule has 0 aliphatic rings. The number of benzene rings is 1. The number of methoxy groups -OCH3 is 1. The molecule has 1 aromatic carbocycles. The first-order chi connectivity index (χ1) is 10.3. The lowest BCUT2D eigenvalue weighted by molar-refractivity contribution is 0.210. The number of nitrogens with zero attached hydrogens (tertiary/aromatic N) is 2. The van der Waals surface area contributed by atoms with E-state index in [0.29, 0.717) is 31.5 Å². The lowest BCUT2D eigenvalue weighted by Gasteiger charge is -2.03. The van der Waals surface area contributed by atoms with Crippen LogP contribution in [0.2, 0.25) is 0 Å². The van der Waals surface area contributed by atoms with Crippen LogP contribution in [0.25, 0.3) is 11.5 Å². The largest absolute Gasteiger partial charge is 0.494 e. The monoisotopic (exact) mass is 287 g/mol. The van der Waals surface area contributed by atoms with Gasteiger partial charge < -0.3 is 19.2 Å². The van der Waals surface area contributed by atoms with Crippen molar-refractivity contribution >= 4 is 5.88 Å². The smallest absolute Gasteiger partial charge is 0.232 e. The van der Waals surface area contributed by atoms with E-state index in [-0.39, 0.29) is 5.69 Å². The molecule has 0 spiro atoms. The minimum Gasteiger partial charge on any atom is -0.494 e. The first-order valence-corrected chi connectivity index (χ1v) is 6.65. The fourth-order valence-electron chi connectivity index (χ4n) is 1.77. The highest BCUT2D eigenvalue weighted by atomic mass is 16.5. The molecule has 0 saturated carbocycles. The van der Waals surface area contributed by atoms with Gasteiger partial charge in [-0.3, -0.25) is 0 Å². The molecule has 0 bridgehead atoms. The summed E-state index contributed by atoms with van der Waals surface area (Å²) in [5.41, 5.74) is 1.02. The normalized spacial score (nSPS) is 10.1. The molecule has 0 aliphatic heterocycles. The molecule has 0 radical (unpaired) electrons. The van der Waals surface area contributed by atoms with Gasteiger partial charge in [-0.2, -0.15) is 10.2 Å². The predicted octanol–water partition coefficient (Wildman–Crippen LogP) is 2.67. The molecular formula is C15H17N3O3. The van der Waals surface area contributed by atoms with Crippen LogP contribution in [-0.4, -0.2) is 31.9 Å². The molecule has 1 N–H and O–H groups in total. The summed E-state index contributed by atoms with van der Waals surface area (Å²) >= 11 is 0. The molecule has 110 valence electrons. The van der Waals surface area contributed by atoms with Gasteiger partial charge in [0.25, 0.3) is 0 Å². The van der Waals surface area contributed by atoms with E-state index >= 15 is 0 Å². The van der Waals surface area contributed by atoms with Crippen molar-refractivity contribution in [2.24, 2.45) is 0 Å². The van der Waals surface area contributed by atoms with Gasteiger partial charge in [0.2, 0.25) is 17.5 Å². The zero-order chi connectivity index (χ0) is 15.1. The second-order valence-corrected chi connectivity index (χ2v) is 4.19.